The predicted octanol–water partition coefficient (Wildman–Crippen LogP) is 1.55. The molecule has 0 unspecified atom stereocenters. The van der Waals surface area contributed by atoms with E-state index in [9.17, 15) is 10.1 Å². The second-order valence-corrected chi connectivity index (χ2v) is 6.71. The molecule has 1 aromatic rings. The summed E-state index contributed by atoms with van der Waals surface area (Å²) in [6.07, 6.45) is 6.43. The third kappa shape index (κ3) is 2.76. The second kappa shape index (κ2) is 6.15. The molecule has 0 spiro atoms. The van der Waals surface area contributed by atoms with E-state index in [0.29, 0.717) is 25.9 Å². The first kappa shape index (κ1) is 15.7. The molecule has 6 nitrogen and oxygen atoms in total. The molecule has 1 amide bonds. The van der Waals surface area contributed by atoms with E-state index in [1.54, 1.807) is 6.33 Å². The summed E-state index contributed by atoms with van der Waals surface area (Å²) in [5.74, 6) is 0.949. The van der Waals surface area contributed by atoms with E-state index in [2.05, 4.69) is 16.0 Å². The number of amides is 1. The molecule has 1 saturated carbocycles. The molecule has 2 aliphatic rings. The summed E-state index contributed by atoms with van der Waals surface area (Å²) in [5, 5.41) is 9.55. The molecule has 1 aliphatic heterocycles. The fourth-order valence-electron chi connectivity index (χ4n) is 3.75. The van der Waals surface area contributed by atoms with Crippen molar-refractivity contribution in [1.82, 2.24) is 14.9 Å². The Bertz CT molecular complexity index is 643. The zero-order valence-electron chi connectivity index (χ0n) is 13.9. The number of carbonyl (C=O) groups is 1. The number of hydrogen-bond donors (Lipinski definition) is 0. The zero-order chi connectivity index (χ0) is 16.4. The Kier molecular flexibility index (Phi) is 4.20. The lowest BCUT2D eigenvalue weighted by Crippen LogP contribution is -2.43. The molecular weight excluding hydrogens is 290 g/mol. The van der Waals surface area contributed by atoms with Gasteiger partial charge in [0, 0.05) is 39.2 Å². The fraction of sp³-hybridized carbons (Fsp3) is 0.647. The maximum absolute atomic E-state index is 12.9. The van der Waals surface area contributed by atoms with Crippen LogP contribution in [0.4, 0.5) is 5.82 Å². The van der Waals surface area contributed by atoms with Crippen LogP contribution in [0.15, 0.2) is 6.33 Å². The van der Waals surface area contributed by atoms with Crippen molar-refractivity contribution >= 4 is 11.7 Å². The van der Waals surface area contributed by atoms with E-state index in [0.717, 1.165) is 42.8 Å². The molecule has 0 atom stereocenters. The summed E-state index contributed by atoms with van der Waals surface area (Å²) in [7, 11) is 3.94. The smallest absolute Gasteiger partial charge is 0.243 e. The van der Waals surface area contributed by atoms with Crippen molar-refractivity contribution in [1.29, 1.82) is 5.26 Å². The largest absolute Gasteiger partial charge is 0.362 e. The lowest BCUT2D eigenvalue weighted by atomic mass is 9.86. The van der Waals surface area contributed by atoms with Gasteiger partial charge in [0.15, 0.2) is 0 Å². The molecule has 2 heterocycles. The van der Waals surface area contributed by atoms with Crippen molar-refractivity contribution in [3.63, 3.8) is 0 Å². The average Bonchev–Trinajstić information content (AvgIpc) is 2.94. The van der Waals surface area contributed by atoms with Crippen LogP contribution in [0.3, 0.4) is 0 Å². The Morgan fingerprint density at radius 1 is 1.26 bits per heavy atom. The van der Waals surface area contributed by atoms with Gasteiger partial charge >= 0.3 is 0 Å². The number of nitrogens with zero attached hydrogens (tertiary/aromatic N) is 5. The standard InChI is InChI=1S/C17H23N5O/c1-21(2)15-13-5-9-22(10-6-14(13)19-12-20-15)16(23)17(11-18)7-3-4-8-17/h12H,3-10H2,1-2H3. The van der Waals surface area contributed by atoms with Gasteiger partial charge < -0.3 is 9.80 Å². The molecule has 1 aliphatic carbocycles. The third-order valence-corrected chi connectivity index (χ3v) is 5.05. The molecule has 3 rings (SSSR count). The highest BCUT2D eigenvalue weighted by Gasteiger charge is 2.44. The second-order valence-electron chi connectivity index (χ2n) is 6.71. The normalized spacial score (nSPS) is 19.6. The van der Waals surface area contributed by atoms with E-state index < -0.39 is 5.41 Å². The molecule has 0 N–H and O–H groups in total. The number of nitriles is 1. The van der Waals surface area contributed by atoms with Crippen LogP contribution in [0.1, 0.15) is 36.9 Å². The monoisotopic (exact) mass is 313 g/mol. The van der Waals surface area contributed by atoms with Gasteiger partial charge in [0.2, 0.25) is 5.91 Å². The zero-order valence-corrected chi connectivity index (χ0v) is 13.9. The van der Waals surface area contributed by atoms with E-state index in [-0.39, 0.29) is 5.91 Å². The first-order valence-corrected chi connectivity index (χ1v) is 8.28. The van der Waals surface area contributed by atoms with Crippen molar-refractivity contribution < 1.29 is 4.79 Å². The maximum atomic E-state index is 12.9. The summed E-state index contributed by atoms with van der Waals surface area (Å²) in [5.41, 5.74) is 1.37. The minimum atomic E-state index is -0.785. The van der Waals surface area contributed by atoms with Gasteiger partial charge in [-0.15, -0.1) is 0 Å². The highest BCUT2D eigenvalue weighted by atomic mass is 16.2. The molecule has 1 fully saturated rings. The van der Waals surface area contributed by atoms with E-state index in [1.165, 1.54) is 0 Å². The van der Waals surface area contributed by atoms with E-state index >= 15 is 0 Å². The molecule has 0 bridgehead atoms. The molecule has 122 valence electrons. The van der Waals surface area contributed by atoms with Crippen molar-refractivity contribution in [2.24, 2.45) is 5.41 Å². The van der Waals surface area contributed by atoms with Gasteiger partial charge in [0.05, 0.1) is 11.8 Å². The maximum Gasteiger partial charge on any atom is 0.243 e. The molecule has 0 saturated heterocycles. The quantitative estimate of drug-likeness (QED) is 0.828. The minimum absolute atomic E-state index is 0.0182. The number of fused-ring (bicyclic) bond motifs is 1. The van der Waals surface area contributed by atoms with Gasteiger partial charge in [-0.2, -0.15) is 5.26 Å². The van der Waals surface area contributed by atoms with Gasteiger partial charge in [-0.1, -0.05) is 12.8 Å². The minimum Gasteiger partial charge on any atom is -0.362 e. The number of aromatic nitrogens is 2. The topological polar surface area (TPSA) is 73.1 Å². The Morgan fingerprint density at radius 3 is 2.61 bits per heavy atom. The summed E-state index contributed by atoms with van der Waals surface area (Å²) in [4.78, 5) is 25.6. The lowest BCUT2D eigenvalue weighted by molar-refractivity contribution is -0.138. The van der Waals surface area contributed by atoms with Crippen molar-refractivity contribution in [2.45, 2.75) is 38.5 Å². The van der Waals surface area contributed by atoms with Gasteiger partial charge in [-0.3, -0.25) is 4.79 Å². The average molecular weight is 313 g/mol. The Balaban J connectivity index is 1.82. The van der Waals surface area contributed by atoms with Crippen LogP contribution in [-0.4, -0.2) is 48.0 Å². The van der Waals surface area contributed by atoms with Crippen molar-refractivity contribution in [2.75, 3.05) is 32.1 Å². The van der Waals surface area contributed by atoms with Crippen molar-refractivity contribution in [3.05, 3.63) is 17.6 Å². The number of anilines is 1. The molecule has 6 heteroatoms. The number of carbonyl (C=O) groups excluding carboxylic acids is 1. The van der Waals surface area contributed by atoms with Gasteiger partial charge in [0.25, 0.3) is 0 Å². The summed E-state index contributed by atoms with van der Waals surface area (Å²) in [6.45, 7) is 1.28. The van der Waals surface area contributed by atoms with E-state index in [1.807, 2.05) is 23.9 Å². The predicted molar refractivity (Wildman–Crippen MR) is 86.9 cm³/mol. The number of rotatable bonds is 2. The molecule has 1 aromatic heterocycles. The summed E-state index contributed by atoms with van der Waals surface area (Å²) < 4.78 is 0. The molecular formula is C17H23N5O. The van der Waals surface area contributed by atoms with Gasteiger partial charge in [-0.05, 0) is 19.3 Å². The van der Waals surface area contributed by atoms with Crippen molar-refractivity contribution in [3.8, 4) is 6.07 Å². The summed E-state index contributed by atoms with van der Waals surface area (Å²) >= 11 is 0. The van der Waals surface area contributed by atoms with Crippen LogP contribution in [0.25, 0.3) is 0 Å². The first-order valence-electron chi connectivity index (χ1n) is 8.28. The Hall–Kier alpha value is -2.16. The third-order valence-electron chi connectivity index (χ3n) is 5.05. The highest BCUT2D eigenvalue weighted by Crippen LogP contribution is 2.39. The lowest BCUT2D eigenvalue weighted by Gasteiger charge is -2.28. The van der Waals surface area contributed by atoms with Crippen LogP contribution in [0.2, 0.25) is 0 Å². The van der Waals surface area contributed by atoms with Gasteiger partial charge in [0.1, 0.15) is 17.6 Å². The van der Waals surface area contributed by atoms with Crippen LogP contribution < -0.4 is 4.90 Å². The van der Waals surface area contributed by atoms with Crippen LogP contribution in [-0.2, 0) is 17.6 Å². The van der Waals surface area contributed by atoms with Crippen LogP contribution in [0.5, 0.6) is 0 Å². The first-order chi connectivity index (χ1) is 11.1. The Labute approximate surface area is 137 Å². The van der Waals surface area contributed by atoms with Crippen LogP contribution >= 0.6 is 0 Å². The Morgan fingerprint density at radius 2 is 1.96 bits per heavy atom. The van der Waals surface area contributed by atoms with Gasteiger partial charge in [-0.25, -0.2) is 9.97 Å². The molecule has 23 heavy (non-hydrogen) atoms. The molecule has 0 radical (unpaired) electrons. The highest BCUT2D eigenvalue weighted by molar-refractivity contribution is 5.86. The fourth-order valence-corrected chi connectivity index (χ4v) is 3.75. The van der Waals surface area contributed by atoms with E-state index in [4.69, 9.17) is 0 Å². The summed E-state index contributed by atoms with van der Waals surface area (Å²) in [6, 6.07) is 2.32. The SMILES string of the molecule is CN(C)c1ncnc2c1CCN(C(=O)C1(C#N)CCCC1)CC2. The van der Waals surface area contributed by atoms with Crippen LogP contribution in [0, 0.1) is 16.7 Å². The molecule has 0 aromatic carbocycles. The number of hydrogen-bond acceptors (Lipinski definition) is 5.